The molecule has 122 valence electrons. The Bertz CT molecular complexity index is 884. The van der Waals surface area contributed by atoms with E-state index in [2.05, 4.69) is 0 Å². The number of pyridine rings is 1. The van der Waals surface area contributed by atoms with Crippen LogP contribution in [0.15, 0.2) is 72.9 Å². The highest BCUT2D eigenvalue weighted by Crippen LogP contribution is 2.19. The van der Waals surface area contributed by atoms with E-state index in [4.69, 9.17) is 5.41 Å². The molecule has 0 fully saturated rings. The molecule has 0 aliphatic carbocycles. The maximum Gasteiger partial charge on any atom is 0.182 e. The Balaban J connectivity index is 0.00000208. The van der Waals surface area contributed by atoms with Crippen LogP contribution in [0.1, 0.15) is 15.9 Å². The third-order valence-electron chi connectivity index (χ3n) is 3.82. The number of nitrogens with one attached hydrogen (secondary N) is 1. The molecule has 3 aromatic rings. The van der Waals surface area contributed by atoms with Crippen LogP contribution in [-0.2, 0) is 6.54 Å². The van der Waals surface area contributed by atoms with Crippen molar-refractivity contribution >= 4 is 22.8 Å². The van der Waals surface area contributed by atoms with Crippen LogP contribution in [-0.4, -0.2) is 10.4 Å². The van der Waals surface area contributed by atoms with Crippen LogP contribution >= 0.6 is 17.0 Å². The molecule has 0 amide bonds. The minimum atomic E-state index is 0. The fourth-order valence-electron chi connectivity index (χ4n) is 2.50. The summed E-state index contributed by atoms with van der Waals surface area (Å²) in [7, 11) is 0. The van der Waals surface area contributed by atoms with E-state index in [1.54, 1.807) is 16.8 Å². The first-order chi connectivity index (χ1) is 11.1. The molecule has 0 spiro atoms. The lowest BCUT2D eigenvalue weighted by atomic mass is 10.0. The first-order valence-electron chi connectivity index (χ1n) is 7.54. The predicted molar refractivity (Wildman–Crippen MR) is 102 cm³/mol. The molecule has 2 aromatic carbocycles. The minimum absolute atomic E-state index is 0. The molecular weight excluding hydrogens is 364 g/mol. The van der Waals surface area contributed by atoms with E-state index in [0.29, 0.717) is 11.1 Å². The van der Waals surface area contributed by atoms with Gasteiger partial charge in [-0.2, -0.15) is 0 Å². The van der Waals surface area contributed by atoms with Gasteiger partial charge in [-0.1, -0.05) is 54.6 Å². The van der Waals surface area contributed by atoms with Gasteiger partial charge in [0.15, 0.2) is 5.78 Å². The molecule has 4 heteroatoms. The second-order valence-electron chi connectivity index (χ2n) is 5.58. The largest absolute Gasteiger partial charge is 0.326 e. The van der Waals surface area contributed by atoms with Crippen molar-refractivity contribution in [1.82, 2.24) is 4.57 Å². The highest BCUT2D eigenvalue weighted by Gasteiger charge is 2.07. The van der Waals surface area contributed by atoms with Crippen LogP contribution in [0.2, 0.25) is 0 Å². The van der Waals surface area contributed by atoms with Crippen molar-refractivity contribution in [2.75, 3.05) is 0 Å². The van der Waals surface area contributed by atoms with Crippen molar-refractivity contribution in [1.29, 1.82) is 5.41 Å². The summed E-state index contributed by atoms with van der Waals surface area (Å²) in [5.41, 5.74) is 4.25. The lowest BCUT2D eigenvalue weighted by Crippen LogP contribution is -2.23. The van der Waals surface area contributed by atoms with E-state index < -0.39 is 0 Å². The summed E-state index contributed by atoms with van der Waals surface area (Å²) in [6.45, 7) is 2.12. The van der Waals surface area contributed by atoms with E-state index >= 15 is 0 Å². The van der Waals surface area contributed by atoms with Crippen LogP contribution in [0.25, 0.3) is 11.1 Å². The first-order valence-corrected chi connectivity index (χ1v) is 7.54. The molecule has 1 heterocycles. The molecule has 1 N–H and O–H groups in total. The van der Waals surface area contributed by atoms with E-state index in [1.165, 1.54) is 0 Å². The summed E-state index contributed by atoms with van der Waals surface area (Å²) >= 11 is 0. The predicted octanol–water partition coefficient (Wildman–Crippen LogP) is 4.40. The van der Waals surface area contributed by atoms with Crippen molar-refractivity contribution in [2.24, 2.45) is 0 Å². The number of hydrogen-bond acceptors (Lipinski definition) is 2. The number of halogens is 1. The van der Waals surface area contributed by atoms with Gasteiger partial charge in [0.1, 0.15) is 5.49 Å². The average Bonchev–Trinajstić information content (AvgIpc) is 2.58. The van der Waals surface area contributed by atoms with Crippen molar-refractivity contribution in [3.63, 3.8) is 0 Å². The van der Waals surface area contributed by atoms with Gasteiger partial charge < -0.3 is 4.57 Å². The van der Waals surface area contributed by atoms with Crippen molar-refractivity contribution in [2.45, 2.75) is 13.5 Å². The standard InChI is InChI=1S/C20H18N2O.BrH/c1-15-11-12-22(20(21)13-15)14-19(23)18-9-7-17(8-10-18)16-5-3-2-4-6-16;/h2-13,21H,14H2,1H3;1H. The van der Waals surface area contributed by atoms with Crippen LogP contribution in [0.4, 0.5) is 0 Å². The number of carbonyl (C=O) groups is 1. The van der Waals surface area contributed by atoms with Gasteiger partial charge in [0.05, 0.1) is 6.54 Å². The van der Waals surface area contributed by atoms with Gasteiger partial charge >= 0.3 is 0 Å². The highest BCUT2D eigenvalue weighted by atomic mass is 79.9. The Morgan fingerprint density at radius 2 is 1.58 bits per heavy atom. The number of aromatic nitrogens is 1. The zero-order valence-electron chi connectivity index (χ0n) is 13.4. The Hall–Kier alpha value is -2.46. The van der Waals surface area contributed by atoms with E-state index in [9.17, 15) is 4.79 Å². The van der Waals surface area contributed by atoms with Crippen molar-refractivity contribution in [3.8, 4) is 11.1 Å². The molecule has 0 radical (unpaired) electrons. The summed E-state index contributed by atoms with van der Waals surface area (Å²) in [6.07, 6.45) is 1.79. The lowest BCUT2D eigenvalue weighted by molar-refractivity contribution is 0.0970. The molecule has 0 saturated heterocycles. The summed E-state index contributed by atoms with van der Waals surface area (Å²) in [6, 6.07) is 21.4. The first kappa shape index (κ1) is 17.9. The van der Waals surface area contributed by atoms with Gasteiger partial charge in [-0.05, 0) is 35.7 Å². The Labute approximate surface area is 151 Å². The maximum absolute atomic E-state index is 12.4. The molecule has 0 aliphatic rings. The molecule has 24 heavy (non-hydrogen) atoms. The number of benzene rings is 2. The SMILES string of the molecule is Br.Cc1ccn(CC(=O)c2ccc(-c3ccccc3)cc2)c(=N)c1. The van der Waals surface area contributed by atoms with Gasteiger partial charge in [-0.25, -0.2) is 0 Å². The topological polar surface area (TPSA) is 45.9 Å². The third-order valence-corrected chi connectivity index (χ3v) is 3.82. The zero-order valence-corrected chi connectivity index (χ0v) is 15.1. The van der Waals surface area contributed by atoms with E-state index in [0.717, 1.165) is 16.7 Å². The number of ketones is 1. The summed E-state index contributed by atoms with van der Waals surface area (Å²) < 4.78 is 1.65. The average molecular weight is 383 g/mol. The number of carbonyl (C=O) groups excluding carboxylic acids is 1. The van der Waals surface area contributed by atoms with Crippen molar-refractivity contribution < 1.29 is 4.79 Å². The molecular formula is C20H19BrN2O. The van der Waals surface area contributed by atoms with Crippen LogP contribution in [0, 0.1) is 12.3 Å². The Kier molecular flexibility index (Phi) is 5.88. The molecule has 0 saturated carbocycles. The number of hydrogen-bond donors (Lipinski definition) is 1. The number of nitrogens with zero attached hydrogens (tertiary/aromatic N) is 1. The summed E-state index contributed by atoms with van der Waals surface area (Å²) in [5, 5.41) is 7.92. The van der Waals surface area contributed by atoms with Crippen molar-refractivity contribution in [3.05, 3.63) is 89.5 Å². The molecule has 0 unspecified atom stereocenters. The number of aryl methyl sites for hydroxylation is 1. The number of rotatable bonds is 4. The molecule has 3 rings (SSSR count). The lowest BCUT2D eigenvalue weighted by Gasteiger charge is -2.08. The van der Waals surface area contributed by atoms with Gasteiger partial charge in [0, 0.05) is 11.8 Å². The second kappa shape index (κ2) is 7.88. The molecule has 3 nitrogen and oxygen atoms in total. The highest BCUT2D eigenvalue weighted by molar-refractivity contribution is 8.93. The quantitative estimate of drug-likeness (QED) is 0.667. The monoisotopic (exact) mass is 382 g/mol. The third kappa shape index (κ3) is 4.09. The van der Waals surface area contributed by atoms with Gasteiger partial charge in [-0.3, -0.25) is 10.2 Å². The van der Waals surface area contributed by atoms with Crippen LogP contribution < -0.4 is 5.49 Å². The van der Waals surface area contributed by atoms with E-state index in [-0.39, 0.29) is 29.3 Å². The van der Waals surface area contributed by atoms with Crippen LogP contribution in [0.3, 0.4) is 0 Å². The fourth-order valence-corrected chi connectivity index (χ4v) is 2.50. The molecule has 0 bridgehead atoms. The molecule has 0 atom stereocenters. The summed E-state index contributed by atoms with van der Waals surface area (Å²) in [4.78, 5) is 12.4. The van der Waals surface area contributed by atoms with Crippen LogP contribution in [0.5, 0.6) is 0 Å². The fraction of sp³-hybridized carbons (Fsp3) is 0.100. The van der Waals surface area contributed by atoms with Gasteiger partial charge in [0.2, 0.25) is 0 Å². The van der Waals surface area contributed by atoms with E-state index in [1.807, 2.05) is 67.6 Å². The normalized spacial score (nSPS) is 10.0. The second-order valence-corrected chi connectivity index (χ2v) is 5.58. The summed E-state index contributed by atoms with van der Waals surface area (Å²) in [5.74, 6) is 0.00645. The minimum Gasteiger partial charge on any atom is -0.326 e. The van der Waals surface area contributed by atoms with Gasteiger partial charge in [0.25, 0.3) is 0 Å². The molecule has 1 aromatic heterocycles. The van der Waals surface area contributed by atoms with Gasteiger partial charge in [-0.15, -0.1) is 17.0 Å². The molecule has 0 aliphatic heterocycles. The maximum atomic E-state index is 12.4. The number of Topliss-reactive ketones (excluding diaryl/α,β-unsaturated/α-hetero) is 1. The Morgan fingerprint density at radius 1 is 0.958 bits per heavy atom. The Morgan fingerprint density at radius 3 is 2.21 bits per heavy atom. The smallest absolute Gasteiger partial charge is 0.182 e. The zero-order chi connectivity index (χ0) is 16.2.